The van der Waals surface area contributed by atoms with Gasteiger partial charge in [-0.1, -0.05) is 237 Å². The maximum Gasteiger partial charge on any atom is 0.306 e. The molecular weight excluding hydrogens is 937 g/mol. The Morgan fingerprint density at radius 3 is 0.842 bits per heavy atom. The molecule has 0 aromatic rings. The molecule has 0 aromatic heterocycles. The van der Waals surface area contributed by atoms with Gasteiger partial charge in [-0.05, 0) is 148 Å². The first-order valence-electron chi connectivity index (χ1n) is 30.5. The van der Waals surface area contributed by atoms with Crippen molar-refractivity contribution in [3.05, 3.63) is 158 Å². The van der Waals surface area contributed by atoms with Crippen molar-refractivity contribution in [3.8, 4) is 0 Å². The van der Waals surface area contributed by atoms with E-state index >= 15 is 0 Å². The normalized spacial score (nSPS) is 13.2. The van der Waals surface area contributed by atoms with E-state index in [1.54, 1.807) is 0 Å². The Balaban J connectivity index is 4.59. The van der Waals surface area contributed by atoms with Gasteiger partial charge in [0.05, 0.1) is 0 Å². The van der Waals surface area contributed by atoms with Crippen molar-refractivity contribution in [2.75, 3.05) is 13.2 Å². The number of allylic oxidation sites excluding steroid dienone is 26. The molecule has 6 heteroatoms. The van der Waals surface area contributed by atoms with Crippen LogP contribution in [0.4, 0.5) is 0 Å². The molecule has 426 valence electrons. The van der Waals surface area contributed by atoms with Crippen molar-refractivity contribution in [1.29, 1.82) is 0 Å². The van der Waals surface area contributed by atoms with E-state index in [0.717, 1.165) is 135 Å². The Labute approximate surface area is 467 Å². The second-order valence-corrected chi connectivity index (χ2v) is 19.5. The number of unbranched alkanes of at least 4 members (excludes halogenated alkanes) is 16. The minimum atomic E-state index is -0.832. The second kappa shape index (κ2) is 62.6. The van der Waals surface area contributed by atoms with E-state index in [4.69, 9.17) is 14.2 Å². The highest BCUT2D eigenvalue weighted by atomic mass is 16.6. The van der Waals surface area contributed by atoms with Gasteiger partial charge < -0.3 is 14.2 Å². The van der Waals surface area contributed by atoms with Crippen LogP contribution in [0.25, 0.3) is 0 Å². The molecule has 0 spiro atoms. The molecule has 0 rings (SSSR count). The predicted molar refractivity (Wildman–Crippen MR) is 329 cm³/mol. The summed E-state index contributed by atoms with van der Waals surface area (Å²) in [6, 6.07) is 0. The maximum absolute atomic E-state index is 12.9. The number of carbonyl (C=O) groups is 3. The van der Waals surface area contributed by atoms with Crippen molar-refractivity contribution < 1.29 is 28.6 Å². The van der Waals surface area contributed by atoms with E-state index in [0.29, 0.717) is 19.3 Å². The van der Waals surface area contributed by atoms with E-state index in [-0.39, 0.29) is 44.0 Å². The number of rotatable bonds is 53. The molecule has 1 unspecified atom stereocenters. The number of hydrogen-bond donors (Lipinski definition) is 0. The van der Waals surface area contributed by atoms with Crippen molar-refractivity contribution >= 4 is 17.9 Å². The van der Waals surface area contributed by atoms with Crippen LogP contribution < -0.4 is 0 Å². The van der Waals surface area contributed by atoms with Crippen molar-refractivity contribution in [1.82, 2.24) is 0 Å². The smallest absolute Gasteiger partial charge is 0.306 e. The van der Waals surface area contributed by atoms with Gasteiger partial charge in [0, 0.05) is 19.3 Å². The summed E-state index contributed by atoms with van der Waals surface area (Å²) < 4.78 is 16.8. The molecule has 0 aromatic carbocycles. The van der Waals surface area contributed by atoms with Crippen LogP contribution in [0.1, 0.15) is 245 Å². The Hall–Kier alpha value is -4.97. The first kappa shape index (κ1) is 71.0. The summed E-state index contributed by atoms with van der Waals surface area (Å²) in [6.07, 6.45) is 91.0. The summed E-state index contributed by atoms with van der Waals surface area (Å²) in [6.45, 7) is 6.32. The third kappa shape index (κ3) is 59.9. The fourth-order valence-corrected chi connectivity index (χ4v) is 7.74. The second-order valence-electron chi connectivity index (χ2n) is 19.5. The van der Waals surface area contributed by atoms with E-state index < -0.39 is 6.10 Å². The molecule has 1 atom stereocenters. The van der Waals surface area contributed by atoms with E-state index in [9.17, 15) is 14.4 Å². The predicted octanol–water partition coefficient (Wildman–Crippen LogP) is 20.9. The summed E-state index contributed by atoms with van der Waals surface area (Å²) in [4.78, 5) is 38.3. The highest BCUT2D eigenvalue weighted by molar-refractivity contribution is 5.71. The Morgan fingerprint density at radius 2 is 0.513 bits per heavy atom. The summed E-state index contributed by atoms with van der Waals surface area (Å²) in [5.41, 5.74) is 0. The van der Waals surface area contributed by atoms with Gasteiger partial charge in [-0.3, -0.25) is 14.4 Å². The van der Waals surface area contributed by atoms with Crippen LogP contribution in [0.2, 0.25) is 0 Å². The van der Waals surface area contributed by atoms with Crippen LogP contribution in [-0.2, 0) is 28.6 Å². The number of carbonyl (C=O) groups excluding carboxylic acids is 3. The summed E-state index contributed by atoms with van der Waals surface area (Å²) >= 11 is 0. The zero-order valence-electron chi connectivity index (χ0n) is 48.7. The zero-order valence-corrected chi connectivity index (χ0v) is 48.7. The minimum absolute atomic E-state index is 0.121. The Kier molecular flexibility index (Phi) is 58.5. The quantitative estimate of drug-likeness (QED) is 0.0261. The molecule has 0 aliphatic heterocycles. The standard InChI is InChI=1S/C70H110O6/c1-4-7-10-13-16-19-22-25-28-31-33-35-37-39-42-45-48-51-54-57-60-63-69(72)75-66-67(65-74-68(71)62-59-56-53-50-47-44-41-30-27-24-21-18-15-12-9-6-3)76-70(73)64-61-58-55-52-49-46-43-40-38-36-34-32-29-26-23-20-17-14-11-8-5-2/h7-8,10-11,16-17,19-20,25-26,28-30,33-36,39-43,48-49,51-52,67H,4-6,9,12-15,18,21-24,27,31-32,37-38,44-47,50,53-66H2,1-3H3/b10-7-,11-8-,19-16-,20-17-,28-25-,29-26-,35-33-,36-34-,41-30-,42-39-,43-40-,51-48-,52-49-. The minimum Gasteiger partial charge on any atom is -0.462 e. The fourth-order valence-electron chi connectivity index (χ4n) is 7.74. The lowest BCUT2D eigenvalue weighted by Crippen LogP contribution is -2.30. The molecule has 0 heterocycles. The average Bonchev–Trinajstić information content (AvgIpc) is 3.42. The van der Waals surface area contributed by atoms with Gasteiger partial charge in [-0.25, -0.2) is 0 Å². The van der Waals surface area contributed by atoms with Gasteiger partial charge in [0.1, 0.15) is 13.2 Å². The molecule has 0 aliphatic carbocycles. The van der Waals surface area contributed by atoms with Gasteiger partial charge in [-0.2, -0.15) is 0 Å². The van der Waals surface area contributed by atoms with E-state index in [1.807, 2.05) is 0 Å². The first-order valence-corrected chi connectivity index (χ1v) is 30.5. The monoisotopic (exact) mass is 1050 g/mol. The molecule has 76 heavy (non-hydrogen) atoms. The molecule has 0 bridgehead atoms. The zero-order chi connectivity index (χ0) is 55.0. The van der Waals surface area contributed by atoms with Gasteiger partial charge in [0.15, 0.2) is 6.10 Å². The van der Waals surface area contributed by atoms with Crippen LogP contribution in [0.5, 0.6) is 0 Å². The van der Waals surface area contributed by atoms with Gasteiger partial charge >= 0.3 is 17.9 Å². The molecule has 0 fully saturated rings. The van der Waals surface area contributed by atoms with Crippen LogP contribution in [0, 0.1) is 0 Å². The fraction of sp³-hybridized carbons (Fsp3) is 0.586. The largest absolute Gasteiger partial charge is 0.462 e. The first-order chi connectivity index (χ1) is 37.5. The highest BCUT2D eigenvalue weighted by Gasteiger charge is 2.19. The van der Waals surface area contributed by atoms with Crippen LogP contribution in [0.15, 0.2) is 158 Å². The molecule has 0 saturated carbocycles. The molecule has 6 nitrogen and oxygen atoms in total. The summed E-state index contributed by atoms with van der Waals surface area (Å²) in [5.74, 6) is -1.02. The average molecular weight is 1050 g/mol. The molecule has 0 radical (unpaired) electrons. The van der Waals surface area contributed by atoms with Gasteiger partial charge in [0.2, 0.25) is 0 Å². The highest BCUT2D eigenvalue weighted by Crippen LogP contribution is 2.13. The lowest BCUT2D eigenvalue weighted by molar-refractivity contribution is -0.167. The Bertz CT molecular complexity index is 1720. The van der Waals surface area contributed by atoms with Crippen molar-refractivity contribution in [2.45, 2.75) is 252 Å². The number of hydrogen-bond acceptors (Lipinski definition) is 6. The van der Waals surface area contributed by atoms with Crippen molar-refractivity contribution in [3.63, 3.8) is 0 Å². The van der Waals surface area contributed by atoms with E-state index in [1.165, 1.54) is 57.8 Å². The molecular formula is C70H110O6. The third-order valence-electron chi connectivity index (χ3n) is 12.2. The molecule has 0 N–H and O–H groups in total. The van der Waals surface area contributed by atoms with Crippen LogP contribution >= 0.6 is 0 Å². The molecule has 0 amide bonds. The van der Waals surface area contributed by atoms with Crippen LogP contribution in [0.3, 0.4) is 0 Å². The van der Waals surface area contributed by atoms with Gasteiger partial charge in [-0.15, -0.1) is 0 Å². The number of esters is 3. The number of ether oxygens (including phenoxy) is 3. The molecule has 0 aliphatic rings. The maximum atomic E-state index is 12.9. The summed E-state index contributed by atoms with van der Waals surface area (Å²) in [7, 11) is 0. The van der Waals surface area contributed by atoms with Crippen LogP contribution in [-0.4, -0.2) is 37.2 Å². The Morgan fingerprint density at radius 1 is 0.276 bits per heavy atom. The lowest BCUT2D eigenvalue weighted by Gasteiger charge is -2.18. The third-order valence-corrected chi connectivity index (χ3v) is 12.2. The molecule has 0 saturated heterocycles. The SMILES string of the molecule is CC/C=C\C/C=C\C/C=C\C/C=C\C/C=C\C/C=C\CCCCC(=O)OCC(COC(=O)CCCCCCC/C=C\CCCCCCCCC)OC(=O)CCCC/C=C\C/C=C\C/C=C\C/C=C\C/C=C\C/C=C\CC. The van der Waals surface area contributed by atoms with E-state index in [2.05, 4.69) is 179 Å². The van der Waals surface area contributed by atoms with Crippen molar-refractivity contribution in [2.24, 2.45) is 0 Å². The lowest BCUT2D eigenvalue weighted by atomic mass is 10.1. The topological polar surface area (TPSA) is 78.9 Å². The van der Waals surface area contributed by atoms with Gasteiger partial charge in [0.25, 0.3) is 0 Å². The summed E-state index contributed by atoms with van der Waals surface area (Å²) in [5, 5.41) is 0.